The third kappa shape index (κ3) is 3.97. The van der Waals surface area contributed by atoms with Crippen LogP contribution in [0.25, 0.3) is 0 Å². The quantitative estimate of drug-likeness (QED) is 0.929. The van der Waals surface area contributed by atoms with Crippen molar-refractivity contribution in [2.24, 2.45) is 5.92 Å². The van der Waals surface area contributed by atoms with Crippen LogP contribution in [0, 0.1) is 5.92 Å². The molecule has 2 atom stereocenters. The van der Waals surface area contributed by atoms with E-state index in [9.17, 15) is 9.59 Å². The Morgan fingerprint density at radius 2 is 2.33 bits per heavy atom. The van der Waals surface area contributed by atoms with Crippen LogP contribution in [-0.2, 0) is 11.2 Å². The first kappa shape index (κ1) is 15.8. The fraction of sp³-hybridized carbons (Fsp3) is 0.600. The molecular weight excluding hydrogens is 288 g/mol. The minimum Gasteiger partial charge on any atom is -0.481 e. The van der Waals surface area contributed by atoms with Gasteiger partial charge in [-0.25, -0.2) is 4.79 Å². The van der Waals surface area contributed by atoms with Gasteiger partial charge in [0.1, 0.15) is 0 Å². The number of likely N-dealkylation sites (tertiary alicyclic amines) is 1. The van der Waals surface area contributed by atoms with E-state index >= 15 is 0 Å². The molecule has 6 heteroatoms. The van der Waals surface area contributed by atoms with Gasteiger partial charge in [0.2, 0.25) is 0 Å². The third-order valence-electron chi connectivity index (χ3n) is 4.08. The molecule has 0 aliphatic carbocycles. The average Bonchev–Trinajstić information content (AvgIpc) is 2.98. The van der Waals surface area contributed by atoms with Gasteiger partial charge in [-0.3, -0.25) is 4.79 Å². The second-order valence-electron chi connectivity index (χ2n) is 5.65. The van der Waals surface area contributed by atoms with Crippen LogP contribution >= 0.6 is 11.3 Å². The summed E-state index contributed by atoms with van der Waals surface area (Å²) in [5, 5.41) is 11.1. The van der Waals surface area contributed by atoms with Crippen LogP contribution in [0.1, 0.15) is 24.6 Å². The van der Waals surface area contributed by atoms with E-state index in [0.717, 1.165) is 12.8 Å². The number of hydrogen-bond donors (Lipinski definition) is 1. The van der Waals surface area contributed by atoms with Crippen LogP contribution in [0.2, 0.25) is 0 Å². The number of likely N-dealkylation sites (N-methyl/N-ethyl adjacent to an activating group) is 1. The summed E-state index contributed by atoms with van der Waals surface area (Å²) in [5.74, 6) is -1.23. The fourth-order valence-electron chi connectivity index (χ4n) is 2.62. The monoisotopic (exact) mass is 310 g/mol. The summed E-state index contributed by atoms with van der Waals surface area (Å²) in [6.07, 6.45) is 2.25. The zero-order chi connectivity index (χ0) is 15.4. The van der Waals surface area contributed by atoms with Crippen LogP contribution < -0.4 is 0 Å². The molecule has 1 aliphatic rings. The molecule has 116 valence electrons. The molecule has 1 aliphatic heterocycles. The summed E-state index contributed by atoms with van der Waals surface area (Å²) in [7, 11) is 1.80. The Kier molecular flexibility index (Phi) is 5.22. The van der Waals surface area contributed by atoms with Crippen molar-refractivity contribution in [2.75, 3.05) is 20.1 Å². The van der Waals surface area contributed by atoms with Gasteiger partial charge in [-0.05, 0) is 31.2 Å². The predicted octanol–water partition coefficient (Wildman–Crippen LogP) is 2.53. The van der Waals surface area contributed by atoms with Crippen molar-refractivity contribution >= 4 is 23.3 Å². The highest BCUT2D eigenvalue weighted by Gasteiger charge is 2.30. The highest BCUT2D eigenvalue weighted by atomic mass is 32.1. The molecule has 0 saturated carbocycles. The summed E-state index contributed by atoms with van der Waals surface area (Å²) in [6.45, 7) is 3.00. The van der Waals surface area contributed by atoms with E-state index in [2.05, 4.69) is 6.07 Å². The number of carboxylic acids is 1. The molecule has 1 aromatic rings. The van der Waals surface area contributed by atoms with Crippen LogP contribution in [0.5, 0.6) is 0 Å². The largest absolute Gasteiger partial charge is 0.481 e. The predicted molar refractivity (Wildman–Crippen MR) is 82.6 cm³/mol. The second kappa shape index (κ2) is 6.93. The van der Waals surface area contributed by atoms with E-state index in [1.54, 1.807) is 28.2 Å². The molecule has 2 heterocycles. The van der Waals surface area contributed by atoms with Crippen molar-refractivity contribution in [3.8, 4) is 0 Å². The zero-order valence-corrected chi connectivity index (χ0v) is 13.3. The molecule has 1 aromatic heterocycles. The first-order chi connectivity index (χ1) is 9.99. The maximum absolute atomic E-state index is 12.5. The van der Waals surface area contributed by atoms with Gasteiger partial charge in [0.25, 0.3) is 0 Å². The summed E-state index contributed by atoms with van der Waals surface area (Å²) in [4.78, 5) is 28.2. The van der Waals surface area contributed by atoms with Crippen molar-refractivity contribution in [3.05, 3.63) is 22.4 Å². The fourth-order valence-corrected chi connectivity index (χ4v) is 3.45. The van der Waals surface area contributed by atoms with Crippen LogP contribution in [0.3, 0.4) is 0 Å². The molecule has 5 nitrogen and oxygen atoms in total. The van der Waals surface area contributed by atoms with Gasteiger partial charge in [0.05, 0.1) is 5.92 Å². The Morgan fingerprint density at radius 1 is 1.57 bits per heavy atom. The van der Waals surface area contributed by atoms with Crippen LogP contribution in [-0.4, -0.2) is 53.1 Å². The first-order valence-electron chi connectivity index (χ1n) is 7.26. The molecule has 1 N–H and O–H groups in total. The molecule has 0 aromatic carbocycles. The standard InChI is InChI=1S/C15H22N2O3S/c1-11(9-13-6-4-8-21-13)16(2)15(20)17-7-3-5-12(10-17)14(18)19/h4,6,8,11-12H,3,5,7,9-10H2,1-2H3,(H,18,19)/t11?,12-/m0/s1. The molecular formula is C15H22N2O3S. The van der Waals surface area contributed by atoms with Crippen molar-refractivity contribution in [2.45, 2.75) is 32.2 Å². The molecule has 0 spiro atoms. The molecule has 1 saturated heterocycles. The van der Waals surface area contributed by atoms with Crippen LogP contribution in [0.4, 0.5) is 4.79 Å². The smallest absolute Gasteiger partial charge is 0.320 e. The molecule has 21 heavy (non-hydrogen) atoms. The molecule has 2 rings (SSSR count). The van der Waals surface area contributed by atoms with Gasteiger partial charge in [0.15, 0.2) is 0 Å². The summed E-state index contributed by atoms with van der Waals surface area (Å²) >= 11 is 1.69. The number of carboxylic acid groups (broad SMARTS) is 1. The number of amides is 2. The van der Waals surface area contributed by atoms with E-state index in [-0.39, 0.29) is 12.1 Å². The van der Waals surface area contributed by atoms with Crippen molar-refractivity contribution in [1.29, 1.82) is 0 Å². The van der Waals surface area contributed by atoms with E-state index in [0.29, 0.717) is 19.5 Å². The van der Waals surface area contributed by atoms with Crippen molar-refractivity contribution < 1.29 is 14.7 Å². The van der Waals surface area contributed by atoms with Gasteiger partial charge in [-0.1, -0.05) is 6.07 Å². The number of thiophene rings is 1. The highest BCUT2D eigenvalue weighted by molar-refractivity contribution is 7.09. The highest BCUT2D eigenvalue weighted by Crippen LogP contribution is 2.19. The van der Waals surface area contributed by atoms with Crippen molar-refractivity contribution in [3.63, 3.8) is 0 Å². The van der Waals surface area contributed by atoms with E-state index in [1.807, 2.05) is 18.4 Å². The van der Waals surface area contributed by atoms with Gasteiger partial charge in [0, 0.05) is 37.5 Å². The Hall–Kier alpha value is -1.56. The Morgan fingerprint density at radius 3 is 2.95 bits per heavy atom. The van der Waals surface area contributed by atoms with Gasteiger partial charge in [-0.2, -0.15) is 0 Å². The number of hydrogen-bond acceptors (Lipinski definition) is 3. The maximum Gasteiger partial charge on any atom is 0.320 e. The lowest BCUT2D eigenvalue weighted by atomic mass is 9.98. The third-order valence-corrected chi connectivity index (χ3v) is 4.98. The Bertz CT molecular complexity index is 489. The number of rotatable bonds is 4. The van der Waals surface area contributed by atoms with Crippen molar-refractivity contribution in [1.82, 2.24) is 9.80 Å². The van der Waals surface area contributed by atoms with Gasteiger partial charge in [-0.15, -0.1) is 11.3 Å². The van der Waals surface area contributed by atoms with E-state index in [4.69, 9.17) is 5.11 Å². The topological polar surface area (TPSA) is 60.9 Å². The lowest BCUT2D eigenvalue weighted by Crippen LogP contribution is -2.50. The second-order valence-corrected chi connectivity index (χ2v) is 6.68. The molecule has 1 unspecified atom stereocenters. The number of carbonyl (C=O) groups is 2. The van der Waals surface area contributed by atoms with Gasteiger partial charge >= 0.3 is 12.0 Å². The number of piperidine rings is 1. The van der Waals surface area contributed by atoms with Crippen LogP contribution in [0.15, 0.2) is 17.5 Å². The SMILES string of the molecule is CC(Cc1cccs1)N(C)C(=O)N1CCC[C@H](C(=O)O)C1. The lowest BCUT2D eigenvalue weighted by Gasteiger charge is -2.36. The average molecular weight is 310 g/mol. The number of nitrogens with zero attached hydrogens (tertiary/aromatic N) is 2. The molecule has 2 amide bonds. The first-order valence-corrected chi connectivity index (χ1v) is 8.14. The van der Waals surface area contributed by atoms with E-state index < -0.39 is 11.9 Å². The lowest BCUT2D eigenvalue weighted by molar-refractivity contribution is -0.143. The molecule has 1 fully saturated rings. The molecule has 0 radical (unpaired) electrons. The molecule has 0 bridgehead atoms. The van der Waals surface area contributed by atoms with Gasteiger partial charge < -0.3 is 14.9 Å². The Labute approximate surface area is 129 Å². The number of urea groups is 1. The normalized spacial score (nSPS) is 20.1. The number of aliphatic carboxylic acids is 1. The minimum atomic E-state index is -0.804. The summed E-state index contributed by atoms with van der Waals surface area (Å²) in [6, 6.07) is 4.11. The van der Waals surface area contributed by atoms with E-state index in [1.165, 1.54) is 4.88 Å². The summed E-state index contributed by atoms with van der Waals surface area (Å²) in [5.41, 5.74) is 0. The maximum atomic E-state index is 12.5. The minimum absolute atomic E-state index is 0.0648. The Balaban J connectivity index is 1.93. The number of carbonyl (C=O) groups excluding carboxylic acids is 1. The zero-order valence-electron chi connectivity index (χ0n) is 12.5. The summed E-state index contributed by atoms with van der Waals surface area (Å²) < 4.78 is 0.